The van der Waals surface area contributed by atoms with Crippen LogP contribution in [0.25, 0.3) is 0 Å². The summed E-state index contributed by atoms with van der Waals surface area (Å²) in [5, 5.41) is 10.5. The van der Waals surface area contributed by atoms with E-state index in [1.807, 2.05) is 11.2 Å². The number of hydrogen-bond acceptors (Lipinski definition) is 5. The zero-order chi connectivity index (χ0) is 18.8. The van der Waals surface area contributed by atoms with Gasteiger partial charge in [0.1, 0.15) is 6.29 Å². The molecule has 26 heavy (non-hydrogen) atoms. The number of likely N-dealkylation sites (tertiary alicyclic amines) is 1. The van der Waals surface area contributed by atoms with Gasteiger partial charge < -0.3 is 19.7 Å². The lowest BCUT2D eigenvalue weighted by molar-refractivity contribution is -0.107. The van der Waals surface area contributed by atoms with Gasteiger partial charge in [-0.05, 0) is 39.2 Å². The minimum atomic E-state index is -0.571. The van der Waals surface area contributed by atoms with Crippen LogP contribution < -0.4 is 0 Å². The molecule has 0 unspecified atom stereocenters. The lowest BCUT2D eigenvalue weighted by Gasteiger charge is -2.40. The van der Waals surface area contributed by atoms with E-state index >= 15 is 0 Å². The molecule has 3 aliphatic rings. The molecule has 0 aromatic heterocycles. The number of piperidine rings is 1. The van der Waals surface area contributed by atoms with Gasteiger partial charge in [-0.3, -0.25) is 4.99 Å². The first kappa shape index (κ1) is 20.6. The van der Waals surface area contributed by atoms with E-state index in [0.29, 0.717) is 13.0 Å². The summed E-state index contributed by atoms with van der Waals surface area (Å²) in [6, 6.07) is 0. The number of carbonyl (C=O) groups is 1. The van der Waals surface area contributed by atoms with Crippen LogP contribution in [-0.2, 0) is 4.79 Å². The van der Waals surface area contributed by atoms with Crippen molar-refractivity contribution in [2.24, 2.45) is 4.99 Å². The van der Waals surface area contributed by atoms with Gasteiger partial charge in [-0.1, -0.05) is 30.4 Å². The van der Waals surface area contributed by atoms with Crippen LogP contribution in [0.4, 0.5) is 0 Å². The minimum Gasteiger partial charge on any atom is -0.388 e. The molecule has 2 aliphatic heterocycles. The summed E-state index contributed by atoms with van der Waals surface area (Å²) >= 11 is 0. The van der Waals surface area contributed by atoms with Crippen molar-refractivity contribution in [2.45, 2.75) is 50.5 Å². The zero-order valence-corrected chi connectivity index (χ0v) is 16.1. The topological polar surface area (TPSA) is 56.1 Å². The molecule has 0 aromatic rings. The van der Waals surface area contributed by atoms with Crippen LogP contribution in [0.15, 0.2) is 41.1 Å². The van der Waals surface area contributed by atoms with Gasteiger partial charge in [-0.25, -0.2) is 0 Å². The van der Waals surface area contributed by atoms with E-state index in [0.717, 1.165) is 70.1 Å². The molecular formula is C21H33N3O2. The number of allylic oxidation sites excluding steroid dienone is 4. The molecule has 2 heterocycles. The van der Waals surface area contributed by atoms with Crippen molar-refractivity contribution in [1.82, 2.24) is 9.80 Å². The van der Waals surface area contributed by atoms with Crippen LogP contribution in [0.5, 0.6) is 0 Å². The van der Waals surface area contributed by atoms with Crippen molar-refractivity contribution in [3.8, 4) is 0 Å². The third-order valence-corrected chi connectivity index (χ3v) is 5.16. The van der Waals surface area contributed by atoms with Crippen molar-refractivity contribution in [1.29, 1.82) is 0 Å². The van der Waals surface area contributed by atoms with E-state index in [9.17, 15) is 9.90 Å². The van der Waals surface area contributed by atoms with Gasteiger partial charge in [0.2, 0.25) is 0 Å². The fourth-order valence-corrected chi connectivity index (χ4v) is 3.32. The Morgan fingerprint density at radius 3 is 2.73 bits per heavy atom. The molecule has 5 nitrogen and oxygen atoms in total. The summed E-state index contributed by atoms with van der Waals surface area (Å²) in [7, 11) is 2.10. The highest BCUT2D eigenvalue weighted by Crippen LogP contribution is 2.24. The molecule has 5 heteroatoms. The van der Waals surface area contributed by atoms with Gasteiger partial charge in [-0.2, -0.15) is 0 Å². The maximum Gasteiger partial charge on any atom is 0.120 e. The van der Waals surface area contributed by atoms with Crippen LogP contribution in [0.1, 0.15) is 44.9 Å². The van der Waals surface area contributed by atoms with Crippen LogP contribution in [-0.4, -0.2) is 66.4 Å². The summed E-state index contributed by atoms with van der Waals surface area (Å²) in [6.07, 6.45) is 15.8. The third kappa shape index (κ3) is 6.89. The highest BCUT2D eigenvalue weighted by Gasteiger charge is 2.33. The van der Waals surface area contributed by atoms with Crippen molar-refractivity contribution < 1.29 is 9.90 Å². The van der Waals surface area contributed by atoms with Gasteiger partial charge in [0.15, 0.2) is 0 Å². The Hall–Kier alpha value is -1.72. The van der Waals surface area contributed by atoms with Gasteiger partial charge in [0.25, 0.3) is 0 Å². The number of aldehydes is 1. The predicted molar refractivity (Wildman–Crippen MR) is 107 cm³/mol. The first-order valence-corrected chi connectivity index (χ1v) is 9.67. The van der Waals surface area contributed by atoms with Crippen molar-refractivity contribution in [3.63, 3.8) is 0 Å². The number of rotatable bonds is 5. The molecule has 0 radical (unpaired) electrons. The lowest BCUT2D eigenvalue weighted by atomic mass is 9.91. The molecule has 0 amide bonds. The monoisotopic (exact) mass is 359 g/mol. The maximum absolute atomic E-state index is 10.5. The standard InChI is InChI=1S/C12H21N3O.C9H12O/c1-11-3-6-13-10-15(11)9-12(16)4-7-14(2)8-5-12;10-8-4-7-9-5-2-1-3-6-9/h10,16H,1,3-9H2,2H3;2,5-6,8H,1,3-4,7H2. The summed E-state index contributed by atoms with van der Waals surface area (Å²) in [4.78, 5) is 18.5. The number of aliphatic hydroxyl groups is 1. The number of β-amino-alcohol motifs (C(OH)–C–C–N with tert-alkyl or cyclic N) is 1. The smallest absolute Gasteiger partial charge is 0.120 e. The summed E-state index contributed by atoms with van der Waals surface area (Å²) < 4.78 is 0. The number of carbonyl (C=O) groups excluding carboxylic acids is 1. The van der Waals surface area contributed by atoms with Crippen molar-refractivity contribution >= 4 is 12.6 Å². The molecule has 1 fully saturated rings. The Kier molecular flexibility index (Phi) is 8.26. The predicted octanol–water partition coefficient (Wildman–Crippen LogP) is 2.93. The van der Waals surface area contributed by atoms with E-state index in [2.05, 4.69) is 41.7 Å². The molecule has 1 aliphatic carbocycles. The second-order valence-electron chi connectivity index (χ2n) is 7.46. The average molecular weight is 360 g/mol. The summed E-state index contributed by atoms with van der Waals surface area (Å²) in [5.41, 5.74) is 1.82. The molecule has 144 valence electrons. The van der Waals surface area contributed by atoms with E-state index in [-0.39, 0.29) is 0 Å². The SMILES string of the molecule is C=C1CCN=CN1CC1(O)CCN(C)CC1.O=CCCC1=CCCC=C1. The van der Waals surface area contributed by atoms with Gasteiger partial charge in [-0.15, -0.1) is 0 Å². The molecule has 0 spiro atoms. The first-order chi connectivity index (χ1) is 12.5. The normalized spacial score (nSPS) is 22.5. The average Bonchev–Trinajstić information content (AvgIpc) is 2.66. The molecule has 0 atom stereocenters. The van der Waals surface area contributed by atoms with E-state index < -0.39 is 5.60 Å². The molecule has 1 N–H and O–H groups in total. The molecular weight excluding hydrogens is 326 g/mol. The van der Waals surface area contributed by atoms with E-state index in [4.69, 9.17) is 0 Å². The van der Waals surface area contributed by atoms with Crippen LogP contribution >= 0.6 is 0 Å². The zero-order valence-electron chi connectivity index (χ0n) is 16.1. The highest BCUT2D eigenvalue weighted by atomic mass is 16.3. The second kappa shape index (κ2) is 10.4. The van der Waals surface area contributed by atoms with Crippen LogP contribution in [0.2, 0.25) is 0 Å². The van der Waals surface area contributed by atoms with Gasteiger partial charge in [0, 0.05) is 38.2 Å². The first-order valence-electron chi connectivity index (χ1n) is 9.67. The number of hydrogen-bond donors (Lipinski definition) is 1. The second-order valence-corrected chi connectivity index (χ2v) is 7.46. The highest BCUT2D eigenvalue weighted by molar-refractivity contribution is 5.59. The fourth-order valence-electron chi connectivity index (χ4n) is 3.32. The third-order valence-electron chi connectivity index (χ3n) is 5.16. The Balaban J connectivity index is 0.000000209. The minimum absolute atomic E-state index is 0.571. The molecule has 3 rings (SSSR count). The molecule has 0 bridgehead atoms. The lowest BCUT2D eigenvalue weighted by Crippen LogP contribution is -2.50. The van der Waals surface area contributed by atoms with Crippen LogP contribution in [0.3, 0.4) is 0 Å². The molecule has 0 saturated carbocycles. The summed E-state index contributed by atoms with van der Waals surface area (Å²) in [5.74, 6) is 0. The van der Waals surface area contributed by atoms with Crippen LogP contribution in [0, 0.1) is 0 Å². The van der Waals surface area contributed by atoms with E-state index in [1.165, 1.54) is 5.57 Å². The quantitative estimate of drug-likeness (QED) is 0.767. The summed E-state index contributed by atoms with van der Waals surface area (Å²) in [6.45, 7) is 7.42. The molecule has 0 aromatic carbocycles. The van der Waals surface area contributed by atoms with Crippen molar-refractivity contribution in [2.75, 3.05) is 33.2 Å². The Morgan fingerprint density at radius 2 is 2.12 bits per heavy atom. The number of aliphatic imine (C=N–C) groups is 1. The fraction of sp³-hybridized carbons (Fsp3) is 0.619. The van der Waals surface area contributed by atoms with Gasteiger partial charge in [0.05, 0.1) is 18.5 Å². The van der Waals surface area contributed by atoms with Crippen molar-refractivity contribution in [3.05, 3.63) is 36.1 Å². The molecule has 1 saturated heterocycles. The maximum atomic E-state index is 10.5. The Morgan fingerprint density at radius 1 is 1.35 bits per heavy atom. The van der Waals surface area contributed by atoms with Gasteiger partial charge >= 0.3 is 0 Å². The number of nitrogens with zero attached hydrogens (tertiary/aromatic N) is 3. The largest absolute Gasteiger partial charge is 0.388 e. The Bertz CT molecular complexity index is 558. The Labute approximate surface area is 157 Å². The van der Waals surface area contributed by atoms with E-state index in [1.54, 1.807) is 0 Å².